The molecule has 0 saturated heterocycles. The summed E-state index contributed by atoms with van der Waals surface area (Å²) >= 11 is 0. The molecule has 0 spiro atoms. The van der Waals surface area contributed by atoms with Crippen molar-refractivity contribution >= 4 is 5.97 Å². The van der Waals surface area contributed by atoms with Crippen molar-refractivity contribution in [2.75, 3.05) is 7.11 Å². The third kappa shape index (κ3) is 4.03. The monoisotopic (exact) mass is 360 g/mol. The number of esters is 1. The topological polar surface area (TPSA) is 35.5 Å². The van der Waals surface area contributed by atoms with E-state index in [0.717, 1.165) is 39.1 Å². The Kier molecular flexibility index (Phi) is 5.31. The van der Waals surface area contributed by atoms with E-state index in [1.807, 2.05) is 76.2 Å². The van der Waals surface area contributed by atoms with Crippen LogP contribution in [0.3, 0.4) is 0 Å². The molecule has 0 radical (unpaired) electrons. The minimum absolute atomic E-state index is 0.327. The van der Waals surface area contributed by atoms with Crippen molar-refractivity contribution in [1.29, 1.82) is 0 Å². The number of carbonyl (C=O) groups excluding carboxylic acids is 1. The maximum absolute atomic E-state index is 12.6. The molecule has 3 aromatic rings. The summed E-state index contributed by atoms with van der Waals surface area (Å²) in [5.41, 5.74) is 6.72. The lowest BCUT2D eigenvalue weighted by Crippen LogP contribution is -2.11. The van der Waals surface area contributed by atoms with Crippen LogP contribution in [0.4, 0.5) is 0 Å². The molecule has 0 unspecified atom stereocenters. The largest absolute Gasteiger partial charge is 0.496 e. The van der Waals surface area contributed by atoms with Crippen LogP contribution < -0.4 is 9.47 Å². The Balaban J connectivity index is 1.86. The Labute approximate surface area is 160 Å². The summed E-state index contributed by atoms with van der Waals surface area (Å²) in [7, 11) is 1.67. The molecular weight excluding hydrogens is 336 g/mol. The first-order valence-electron chi connectivity index (χ1n) is 8.94. The van der Waals surface area contributed by atoms with Gasteiger partial charge in [0.05, 0.1) is 12.7 Å². The van der Waals surface area contributed by atoms with Gasteiger partial charge in [0, 0.05) is 0 Å². The van der Waals surface area contributed by atoms with Gasteiger partial charge in [-0.1, -0.05) is 29.8 Å². The van der Waals surface area contributed by atoms with Crippen molar-refractivity contribution in [3.63, 3.8) is 0 Å². The van der Waals surface area contributed by atoms with E-state index in [-0.39, 0.29) is 5.97 Å². The number of methoxy groups -OCH3 is 1. The molecule has 0 aliphatic heterocycles. The summed E-state index contributed by atoms with van der Waals surface area (Å²) in [5.74, 6) is 1.12. The van der Waals surface area contributed by atoms with E-state index >= 15 is 0 Å². The molecule has 3 aromatic carbocycles. The molecule has 0 bridgehead atoms. The van der Waals surface area contributed by atoms with Gasteiger partial charge in [0.2, 0.25) is 0 Å². The molecule has 27 heavy (non-hydrogen) atoms. The van der Waals surface area contributed by atoms with Crippen LogP contribution in [-0.2, 0) is 0 Å². The Bertz CT molecular complexity index is 1000. The van der Waals surface area contributed by atoms with Crippen LogP contribution in [-0.4, -0.2) is 13.1 Å². The normalized spacial score (nSPS) is 10.6. The zero-order valence-electron chi connectivity index (χ0n) is 16.4. The first kappa shape index (κ1) is 18.7. The van der Waals surface area contributed by atoms with E-state index in [1.54, 1.807) is 7.11 Å². The third-order valence-corrected chi connectivity index (χ3v) is 4.72. The lowest BCUT2D eigenvalue weighted by molar-refractivity contribution is 0.0732. The van der Waals surface area contributed by atoms with E-state index in [4.69, 9.17) is 9.47 Å². The Morgan fingerprint density at radius 2 is 1.30 bits per heavy atom. The van der Waals surface area contributed by atoms with Gasteiger partial charge < -0.3 is 9.47 Å². The molecule has 0 saturated carbocycles. The summed E-state index contributed by atoms with van der Waals surface area (Å²) < 4.78 is 11.0. The zero-order chi connectivity index (χ0) is 19.6. The van der Waals surface area contributed by atoms with Gasteiger partial charge in [-0.05, 0) is 85.8 Å². The van der Waals surface area contributed by atoms with Crippen LogP contribution in [0.25, 0.3) is 11.1 Å². The van der Waals surface area contributed by atoms with Crippen molar-refractivity contribution < 1.29 is 14.3 Å². The fourth-order valence-electron chi connectivity index (χ4n) is 3.11. The molecule has 0 atom stereocenters. The lowest BCUT2D eigenvalue weighted by Gasteiger charge is -2.12. The number of rotatable bonds is 4. The van der Waals surface area contributed by atoms with Gasteiger partial charge in [-0.3, -0.25) is 0 Å². The number of hydrogen-bond acceptors (Lipinski definition) is 3. The quantitative estimate of drug-likeness (QED) is 0.435. The molecule has 0 aromatic heterocycles. The SMILES string of the molecule is COc1ccc(-c2ccc(OC(=O)c3cc(C)ccc3C)c(C)c2)cc1C. The number of benzene rings is 3. The number of aryl methyl sites for hydroxylation is 4. The Hall–Kier alpha value is -3.07. The van der Waals surface area contributed by atoms with Crippen LogP contribution in [0.5, 0.6) is 11.5 Å². The molecule has 138 valence electrons. The highest BCUT2D eigenvalue weighted by Gasteiger charge is 2.14. The van der Waals surface area contributed by atoms with Gasteiger partial charge in [-0.25, -0.2) is 4.79 Å². The minimum Gasteiger partial charge on any atom is -0.496 e. The summed E-state index contributed by atoms with van der Waals surface area (Å²) in [5, 5.41) is 0. The highest BCUT2D eigenvalue weighted by Crippen LogP contribution is 2.30. The van der Waals surface area contributed by atoms with Gasteiger partial charge in [0.15, 0.2) is 0 Å². The molecule has 0 fully saturated rings. The van der Waals surface area contributed by atoms with Crippen LogP contribution in [0.15, 0.2) is 54.6 Å². The molecular formula is C24H24O3. The van der Waals surface area contributed by atoms with Crippen molar-refractivity contribution in [1.82, 2.24) is 0 Å². The van der Waals surface area contributed by atoms with Gasteiger partial charge in [-0.2, -0.15) is 0 Å². The molecule has 0 aliphatic rings. The summed E-state index contributed by atoms with van der Waals surface area (Å²) in [6.45, 7) is 7.85. The van der Waals surface area contributed by atoms with Crippen LogP contribution in [0, 0.1) is 27.7 Å². The van der Waals surface area contributed by atoms with Gasteiger partial charge in [-0.15, -0.1) is 0 Å². The molecule has 3 nitrogen and oxygen atoms in total. The van der Waals surface area contributed by atoms with E-state index in [1.165, 1.54) is 0 Å². The van der Waals surface area contributed by atoms with Crippen LogP contribution >= 0.6 is 0 Å². The standard InChI is InChI=1S/C24H24O3/c1-15-6-7-16(2)21(12-15)24(25)27-23-11-9-20(14-18(23)4)19-8-10-22(26-5)17(3)13-19/h6-14H,1-5H3. The third-order valence-electron chi connectivity index (χ3n) is 4.72. The average molecular weight is 360 g/mol. The first-order chi connectivity index (χ1) is 12.9. The second-order valence-electron chi connectivity index (χ2n) is 6.87. The first-order valence-corrected chi connectivity index (χ1v) is 8.94. The zero-order valence-corrected chi connectivity index (χ0v) is 16.4. The van der Waals surface area contributed by atoms with Crippen molar-refractivity contribution in [2.24, 2.45) is 0 Å². The fourth-order valence-corrected chi connectivity index (χ4v) is 3.11. The predicted molar refractivity (Wildman–Crippen MR) is 109 cm³/mol. The number of ether oxygens (including phenoxy) is 2. The smallest absolute Gasteiger partial charge is 0.343 e. The van der Waals surface area contributed by atoms with Crippen molar-refractivity contribution in [3.05, 3.63) is 82.4 Å². The van der Waals surface area contributed by atoms with Gasteiger partial charge in [0.1, 0.15) is 11.5 Å². The Morgan fingerprint density at radius 1 is 0.704 bits per heavy atom. The van der Waals surface area contributed by atoms with E-state index < -0.39 is 0 Å². The minimum atomic E-state index is -0.327. The van der Waals surface area contributed by atoms with Crippen LogP contribution in [0.2, 0.25) is 0 Å². The summed E-state index contributed by atoms with van der Waals surface area (Å²) in [6.07, 6.45) is 0. The van der Waals surface area contributed by atoms with Crippen LogP contribution in [0.1, 0.15) is 32.6 Å². The maximum Gasteiger partial charge on any atom is 0.343 e. The van der Waals surface area contributed by atoms with E-state index in [0.29, 0.717) is 11.3 Å². The fraction of sp³-hybridized carbons (Fsp3) is 0.208. The Morgan fingerprint density at radius 3 is 1.85 bits per heavy atom. The molecule has 0 N–H and O–H groups in total. The summed E-state index contributed by atoms with van der Waals surface area (Å²) in [4.78, 5) is 12.6. The lowest BCUT2D eigenvalue weighted by atomic mass is 10.0. The van der Waals surface area contributed by atoms with Gasteiger partial charge >= 0.3 is 5.97 Å². The number of carbonyl (C=O) groups is 1. The molecule has 3 rings (SSSR count). The molecule has 0 aliphatic carbocycles. The molecule has 0 amide bonds. The highest BCUT2D eigenvalue weighted by molar-refractivity contribution is 5.93. The number of hydrogen-bond donors (Lipinski definition) is 0. The highest BCUT2D eigenvalue weighted by atomic mass is 16.5. The second kappa shape index (κ2) is 7.67. The van der Waals surface area contributed by atoms with Crippen molar-refractivity contribution in [2.45, 2.75) is 27.7 Å². The predicted octanol–water partition coefficient (Wildman–Crippen LogP) is 5.82. The maximum atomic E-state index is 12.6. The second-order valence-corrected chi connectivity index (χ2v) is 6.87. The summed E-state index contributed by atoms with van der Waals surface area (Å²) in [6, 6.07) is 17.7. The van der Waals surface area contributed by atoms with E-state index in [9.17, 15) is 4.79 Å². The van der Waals surface area contributed by atoms with Gasteiger partial charge in [0.25, 0.3) is 0 Å². The van der Waals surface area contributed by atoms with Crippen molar-refractivity contribution in [3.8, 4) is 22.6 Å². The molecule has 3 heteroatoms. The molecule has 0 heterocycles. The average Bonchev–Trinajstić information content (AvgIpc) is 2.65. The van der Waals surface area contributed by atoms with E-state index in [2.05, 4.69) is 6.07 Å².